The third kappa shape index (κ3) is 4.35. The maximum atomic E-state index is 9.69. The number of allylic oxidation sites excluding steroid dienone is 1. The summed E-state index contributed by atoms with van der Waals surface area (Å²) in [4.78, 5) is 0. The zero-order valence-corrected chi connectivity index (χ0v) is 8.43. The van der Waals surface area contributed by atoms with Crippen LogP contribution < -0.4 is 0 Å². The molecule has 1 unspecified atom stereocenters. The van der Waals surface area contributed by atoms with Crippen molar-refractivity contribution in [3.63, 3.8) is 0 Å². The van der Waals surface area contributed by atoms with Crippen LogP contribution in [0.4, 0.5) is 0 Å². The van der Waals surface area contributed by atoms with E-state index in [-0.39, 0.29) is 11.5 Å². The summed E-state index contributed by atoms with van der Waals surface area (Å²) in [5.41, 5.74) is 0.997. The molecule has 0 rings (SSSR count). The molecule has 0 amide bonds. The molecule has 1 N–H and O–H groups in total. The molecular formula is C11H20O. The number of hydrogen-bond acceptors (Lipinski definition) is 1. The van der Waals surface area contributed by atoms with Crippen molar-refractivity contribution >= 4 is 0 Å². The standard InChI is InChI=1S/C11H20O/c1-6-7-9(2)8-10(12)11(3,4)5/h6,10,12H,1-2,7-8H2,3-5H3. The predicted octanol–water partition coefficient (Wildman–Crippen LogP) is 2.92. The molecule has 70 valence electrons. The van der Waals surface area contributed by atoms with Crippen LogP contribution in [-0.2, 0) is 0 Å². The smallest absolute Gasteiger partial charge is 0.0625 e. The van der Waals surface area contributed by atoms with Gasteiger partial charge in [0.2, 0.25) is 0 Å². The molecule has 0 aromatic carbocycles. The summed E-state index contributed by atoms with van der Waals surface area (Å²) >= 11 is 0. The SMILES string of the molecule is C=CCC(=C)CC(O)C(C)(C)C. The average molecular weight is 168 g/mol. The van der Waals surface area contributed by atoms with E-state index in [9.17, 15) is 5.11 Å². The Morgan fingerprint density at radius 2 is 2.00 bits per heavy atom. The Kier molecular flexibility index (Phi) is 4.25. The van der Waals surface area contributed by atoms with Gasteiger partial charge in [-0.1, -0.05) is 39.0 Å². The fourth-order valence-electron chi connectivity index (χ4n) is 0.867. The predicted molar refractivity (Wildman–Crippen MR) is 54.0 cm³/mol. The van der Waals surface area contributed by atoms with E-state index in [0.29, 0.717) is 6.42 Å². The van der Waals surface area contributed by atoms with Crippen molar-refractivity contribution in [3.05, 3.63) is 24.8 Å². The Labute approximate surface area is 75.8 Å². The Hall–Kier alpha value is -0.560. The fourth-order valence-corrected chi connectivity index (χ4v) is 0.867. The third-order valence-corrected chi connectivity index (χ3v) is 1.91. The minimum Gasteiger partial charge on any atom is -0.392 e. The van der Waals surface area contributed by atoms with E-state index in [4.69, 9.17) is 0 Å². The van der Waals surface area contributed by atoms with Crippen molar-refractivity contribution in [2.24, 2.45) is 5.41 Å². The lowest BCUT2D eigenvalue weighted by Gasteiger charge is -2.26. The van der Waals surface area contributed by atoms with Crippen LogP contribution in [0.1, 0.15) is 33.6 Å². The normalized spacial score (nSPS) is 14.0. The van der Waals surface area contributed by atoms with Gasteiger partial charge in [0.15, 0.2) is 0 Å². The topological polar surface area (TPSA) is 20.2 Å². The van der Waals surface area contributed by atoms with Gasteiger partial charge in [0.05, 0.1) is 6.10 Å². The number of hydrogen-bond donors (Lipinski definition) is 1. The highest BCUT2D eigenvalue weighted by molar-refractivity contribution is 5.02. The van der Waals surface area contributed by atoms with Crippen molar-refractivity contribution in [3.8, 4) is 0 Å². The minimum absolute atomic E-state index is 0.0515. The highest BCUT2D eigenvalue weighted by atomic mass is 16.3. The summed E-state index contributed by atoms with van der Waals surface area (Å²) in [5, 5.41) is 9.69. The van der Waals surface area contributed by atoms with Crippen LogP contribution in [0.15, 0.2) is 24.8 Å². The zero-order chi connectivity index (χ0) is 9.78. The molecule has 0 radical (unpaired) electrons. The van der Waals surface area contributed by atoms with Gasteiger partial charge in [-0.2, -0.15) is 0 Å². The highest BCUT2D eigenvalue weighted by Crippen LogP contribution is 2.24. The van der Waals surface area contributed by atoms with E-state index in [1.165, 1.54) is 0 Å². The van der Waals surface area contributed by atoms with Gasteiger partial charge < -0.3 is 5.11 Å². The third-order valence-electron chi connectivity index (χ3n) is 1.91. The van der Waals surface area contributed by atoms with Gasteiger partial charge in [-0.15, -0.1) is 6.58 Å². The quantitative estimate of drug-likeness (QED) is 0.640. The second-order valence-electron chi connectivity index (χ2n) is 4.33. The molecule has 0 saturated carbocycles. The first kappa shape index (κ1) is 11.4. The number of aliphatic hydroxyl groups is 1. The van der Waals surface area contributed by atoms with Crippen LogP contribution in [0.5, 0.6) is 0 Å². The highest BCUT2D eigenvalue weighted by Gasteiger charge is 2.21. The van der Waals surface area contributed by atoms with Crippen molar-refractivity contribution in [2.75, 3.05) is 0 Å². The lowest BCUT2D eigenvalue weighted by atomic mass is 9.85. The summed E-state index contributed by atoms with van der Waals surface area (Å²) < 4.78 is 0. The molecule has 1 atom stereocenters. The minimum atomic E-state index is -0.301. The molecule has 0 saturated heterocycles. The van der Waals surface area contributed by atoms with Gasteiger partial charge in [-0.05, 0) is 18.3 Å². The second kappa shape index (κ2) is 4.46. The fraction of sp³-hybridized carbons (Fsp3) is 0.636. The van der Waals surface area contributed by atoms with Gasteiger partial charge in [0, 0.05) is 0 Å². The van der Waals surface area contributed by atoms with E-state index in [0.717, 1.165) is 12.0 Å². The Bertz CT molecular complexity index is 162. The van der Waals surface area contributed by atoms with Crippen LogP contribution in [0, 0.1) is 5.41 Å². The molecule has 0 aliphatic heterocycles. The van der Waals surface area contributed by atoms with Crippen molar-refractivity contribution in [2.45, 2.75) is 39.7 Å². The van der Waals surface area contributed by atoms with Gasteiger partial charge in [0.1, 0.15) is 0 Å². The Morgan fingerprint density at radius 1 is 1.50 bits per heavy atom. The van der Waals surface area contributed by atoms with Crippen molar-refractivity contribution in [1.29, 1.82) is 0 Å². The van der Waals surface area contributed by atoms with Gasteiger partial charge >= 0.3 is 0 Å². The molecule has 0 fully saturated rings. The van der Waals surface area contributed by atoms with Crippen LogP contribution in [0.2, 0.25) is 0 Å². The molecule has 0 aliphatic rings. The summed E-state index contributed by atoms with van der Waals surface area (Å²) in [6, 6.07) is 0. The molecule has 1 nitrogen and oxygen atoms in total. The molecule has 0 aromatic rings. The number of rotatable bonds is 4. The molecule has 0 aromatic heterocycles. The summed E-state index contributed by atoms with van der Waals surface area (Å²) in [5.74, 6) is 0. The second-order valence-corrected chi connectivity index (χ2v) is 4.33. The van der Waals surface area contributed by atoms with E-state index in [1.807, 2.05) is 26.8 Å². The lowest BCUT2D eigenvalue weighted by molar-refractivity contribution is 0.0633. The molecule has 12 heavy (non-hydrogen) atoms. The van der Waals surface area contributed by atoms with Crippen LogP contribution >= 0.6 is 0 Å². The summed E-state index contributed by atoms with van der Waals surface area (Å²) in [6.07, 6.45) is 2.99. The maximum Gasteiger partial charge on any atom is 0.0625 e. The van der Waals surface area contributed by atoms with Gasteiger partial charge in [-0.25, -0.2) is 0 Å². The van der Waals surface area contributed by atoms with E-state index in [2.05, 4.69) is 13.2 Å². The molecule has 0 heterocycles. The first-order valence-corrected chi connectivity index (χ1v) is 4.33. The molecule has 1 heteroatoms. The monoisotopic (exact) mass is 168 g/mol. The van der Waals surface area contributed by atoms with E-state index < -0.39 is 0 Å². The molecule has 0 spiro atoms. The maximum absolute atomic E-state index is 9.69. The first-order chi connectivity index (χ1) is 5.38. The van der Waals surface area contributed by atoms with Crippen LogP contribution in [-0.4, -0.2) is 11.2 Å². The molecule has 0 aliphatic carbocycles. The van der Waals surface area contributed by atoms with Gasteiger partial charge in [-0.3, -0.25) is 0 Å². The zero-order valence-electron chi connectivity index (χ0n) is 8.43. The van der Waals surface area contributed by atoms with Crippen molar-refractivity contribution < 1.29 is 5.11 Å². The number of aliphatic hydroxyl groups excluding tert-OH is 1. The van der Waals surface area contributed by atoms with Crippen LogP contribution in [0.3, 0.4) is 0 Å². The van der Waals surface area contributed by atoms with E-state index >= 15 is 0 Å². The van der Waals surface area contributed by atoms with Gasteiger partial charge in [0.25, 0.3) is 0 Å². The average Bonchev–Trinajstić information content (AvgIpc) is 1.85. The molecular weight excluding hydrogens is 148 g/mol. The molecule has 0 bridgehead atoms. The first-order valence-electron chi connectivity index (χ1n) is 4.33. The van der Waals surface area contributed by atoms with E-state index in [1.54, 1.807) is 0 Å². The largest absolute Gasteiger partial charge is 0.392 e. The Morgan fingerprint density at radius 3 is 2.33 bits per heavy atom. The summed E-state index contributed by atoms with van der Waals surface area (Å²) in [6.45, 7) is 13.6. The van der Waals surface area contributed by atoms with Crippen molar-refractivity contribution in [1.82, 2.24) is 0 Å². The lowest BCUT2D eigenvalue weighted by Crippen LogP contribution is -2.26. The summed E-state index contributed by atoms with van der Waals surface area (Å²) in [7, 11) is 0. The van der Waals surface area contributed by atoms with Crippen LogP contribution in [0.25, 0.3) is 0 Å². The Balaban J connectivity index is 3.92.